The summed E-state index contributed by atoms with van der Waals surface area (Å²) in [6, 6.07) is 11.5. The molecule has 1 heterocycles. The van der Waals surface area contributed by atoms with Gasteiger partial charge in [0.05, 0.1) is 11.7 Å². The Balaban J connectivity index is 1.61. The molecule has 0 radical (unpaired) electrons. The zero-order chi connectivity index (χ0) is 27.3. The molecule has 1 saturated heterocycles. The maximum atomic E-state index is 13.7. The molecule has 1 saturated carbocycles. The monoisotopic (exact) mass is 528 g/mol. The zero-order valence-electron chi connectivity index (χ0n) is 22.4. The highest BCUT2D eigenvalue weighted by Crippen LogP contribution is 2.45. The maximum absolute atomic E-state index is 13.7. The first kappa shape index (κ1) is 28.5. The summed E-state index contributed by atoms with van der Waals surface area (Å²) >= 11 is 0. The number of aryl methyl sites for hydroxylation is 1. The van der Waals surface area contributed by atoms with Crippen LogP contribution in [0.5, 0.6) is 11.5 Å². The normalized spacial score (nSPS) is 25.3. The standard InChI is InChI=1S/C30H41FN2O5/c1-20-16-23(31)11-12-27(20)38-28-10-4-3-9-24(28)30(36,13-5-6-15-37-2)22-8-7-14-33(19-22)29(35)21-17-25(32)26(34)18-21/h3-4,9-12,16,21-22,25-26,34,36H,5-8,13-15,17-19,32H2,1-2H3/t21-,22?,25+,26-,30-/m0/s1. The fraction of sp³-hybridized carbons (Fsp3) is 0.567. The predicted molar refractivity (Wildman–Crippen MR) is 143 cm³/mol. The molecule has 1 unspecified atom stereocenters. The largest absolute Gasteiger partial charge is 0.457 e. The number of aliphatic hydroxyl groups excluding tert-OH is 1. The predicted octanol–water partition coefficient (Wildman–Crippen LogP) is 4.27. The molecule has 2 aliphatic rings. The van der Waals surface area contributed by atoms with Gasteiger partial charge in [0, 0.05) is 50.2 Å². The highest BCUT2D eigenvalue weighted by molar-refractivity contribution is 5.79. The number of benzene rings is 2. The van der Waals surface area contributed by atoms with Gasteiger partial charge in [0.25, 0.3) is 0 Å². The minimum atomic E-state index is -1.25. The summed E-state index contributed by atoms with van der Waals surface area (Å²) in [7, 11) is 1.66. The van der Waals surface area contributed by atoms with Gasteiger partial charge in [0.1, 0.15) is 17.3 Å². The molecular weight excluding hydrogens is 487 g/mol. The summed E-state index contributed by atoms with van der Waals surface area (Å²) in [5, 5.41) is 22.5. The summed E-state index contributed by atoms with van der Waals surface area (Å²) in [6.07, 6.45) is 3.78. The number of hydrogen-bond acceptors (Lipinski definition) is 6. The van der Waals surface area contributed by atoms with Gasteiger partial charge in [-0.2, -0.15) is 0 Å². The molecule has 2 aromatic rings. The second-order valence-electron chi connectivity index (χ2n) is 10.9. The van der Waals surface area contributed by atoms with Crippen LogP contribution in [-0.4, -0.2) is 60.0 Å². The molecule has 4 rings (SSSR count). The van der Waals surface area contributed by atoms with Crippen LogP contribution in [0.4, 0.5) is 4.39 Å². The van der Waals surface area contributed by atoms with Crippen LogP contribution in [-0.2, 0) is 15.1 Å². The molecule has 0 bridgehead atoms. The lowest BCUT2D eigenvalue weighted by molar-refractivity contribution is -0.141. The van der Waals surface area contributed by atoms with Crippen molar-refractivity contribution in [2.45, 2.75) is 69.6 Å². The number of carbonyl (C=O) groups excluding carboxylic acids is 1. The van der Waals surface area contributed by atoms with E-state index in [2.05, 4.69) is 0 Å². The van der Waals surface area contributed by atoms with E-state index in [1.165, 1.54) is 12.1 Å². The summed E-state index contributed by atoms with van der Waals surface area (Å²) in [5.41, 5.74) is 6.06. The van der Waals surface area contributed by atoms with E-state index in [0.29, 0.717) is 61.6 Å². The number of likely N-dealkylation sites (tertiary alicyclic amines) is 1. The summed E-state index contributed by atoms with van der Waals surface area (Å²) in [4.78, 5) is 15.2. The average Bonchev–Trinajstić information content (AvgIpc) is 3.26. The number of unbranched alkanes of at least 4 members (excludes halogenated alkanes) is 1. The molecule has 5 atom stereocenters. The van der Waals surface area contributed by atoms with E-state index in [1.54, 1.807) is 20.1 Å². The van der Waals surface area contributed by atoms with E-state index in [9.17, 15) is 19.4 Å². The van der Waals surface area contributed by atoms with Crippen molar-refractivity contribution >= 4 is 5.91 Å². The number of piperidine rings is 1. The Kier molecular flexibility index (Phi) is 9.41. The lowest BCUT2D eigenvalue weighted by Crippen LogP contribution is -2.49. The average molecular weight is 529 g/mol. The van der Waals surface area contributed by atoms with Crippen molar-refractivity contribution in [1.29, 1.82) is 0 Å². The van der Waals surface area contributed by atoms with Crippen molar-refractivity contribution in [2.75, 3.05) is 26.8 Å². The first-order chi connectivity index (χ1) is 18.2. The van der Waals surface area contributed by atoms with Gasteiger partial charge in [0.15, 0.2) is 0 Å². The molecule has 38 heavy (non-hydrogen) atoms. The van der Waals surface area contributed by atoms with E-state index >= 15 is 0 Å². The number of carbonyl (C=O) groups is 1. The Labute approximate surface area is 224 Å². The van der Waals surface area contributed by atoms with E-state index < -0.39 is 11.7 Å². The maximum Gasteiger partial charge on any atom is 0.225 e. The van der Waals surface area contributed by atoms with Gasteiger partial charge in [-0.3, -0.25) is 4.79 Å². The van der Waals surface area contributed by atoms with Crippen molar-refractivity contribution in [3.05, 3.63) is 59.4 Å². The fourth-order valence-corrected chi connectivity index (χ4v) is 6.03. The van der Waals surface area contributed by atoms with Crippen LogP contribution < -0.4 is 10.5 Å². The van der Waals surface area contributed by atoms with Gasteiger partial charge in [-0.25, -0.2) is 4.39 Å². The number of rotatable bonds is 10. The molecule has 0 aromatic heterocycles. The van der Waals surface area contributed by atoms with Crippen molar-refractivity contribution in [2.24, 2.45) is 17.6 Å². The van der Waals surface area contributed by atoms with Crippen LogP contribution in [0.2, 0.25) is 0 Å². The van der Waals surface area contributed by atoms with E-state index in [4.69, 9.17) is 15.2 Å². The van der Waals surface area contributed by atoms with Crippen LogP contribution in [0.25, 0.3) is 0 Å². The first-order valence-electron chi connectivity index (χ1n) is 13.7. The number of halogens is 1. The molecular formula is C30H41FN2O5. The molecule has 1 aliphatic heterocycles. The second-order valence-corrected chi connectivity index (χ2v) is 10.9. The van der Waals surface area contributed by atoms with Crippen LogP contribution in [0.3, 0.4) is 0 Å². The number of nitrogens with zero attached hydrogens (tertiary/aromatic N) is 1. The van der Waals surface area contributed by atoms with Gasteiger partial charge in [-0.15, -0.1) is 0 Å². The molecule has 2 fully saturated rings. The van der Waals surface area contributed by atoms with Crippen LogP contribution in [0.1, 0.15) is 56.1 Å². The van der Waals surface area contributed by atoms with Gasteiger partial charge in [-0.05, 0) is 81.7 Å². The fourth-order valence-electron chi connectivity index (χ4n) is 6.03. The van der Waals surface area contributed by atoms with Crippen molar-refractivity contribution in [1.82, 2.24) is 4.90 Å². The number of ether oxygens (including phenoxy) is 2. The molecule has 4 N–H and O–H groups in total. The van der Waals surface area contributed by atoms with Gasteiger partial charge >= 0.3 is 0 Å². The first-order valence-corrected chi connectivity index (χ1v) is 13.7. The Morgan fingerprint density at radius 1 is 1.18 bits per heavy atom. The van der Waals surface area contributed by atoms with Crippen molar-refractivity contribution < 1.29 is 28.9 Å². The van der Waals surface area contributed by atoms with Gasteiger partial charge in [0.2, 0.25) is 5.91 Å². The number of amides is 1. The van der Waals surface area contributed by atoms with Crippen molar-refractivity contribution in [3.8, 4) is 11.5 Å². The Hall–Kier alpha value is -2.52. The molecule has 8 heteroatoms. The SMILES string of the molecule is COCCCC[C@@](O)(c1ccccc1Oc1ccc(F)cc1C)C1CCCN(C(=O)[C@H]2C[C@@H](N)[C@@H](O)C2)C1. The quantitative estimate of drug-likeness (QED) is 0.398. The third-order valence-corrected chi connectivity index (χ3v) is 8.20. The number of nitrogens with two attached hydrogens (primary N) is 1. The van der Waals surface area contributed by atoms with Gasteiger partial charge in [-0.1, -0.05) is 18.2 Å². The van der Waals surface area contributed by atoms with E-state index in [0.717, 1.165) is 25.7 Å². The molecule has 208 valence electrons. The topological polar surface area (TPSA) is 105 Å². The third-order valence-electron chi connectivity index (χ3n) is 8.20. The molecule has 0 spiro atoms. The van der Waals surface area contributed by atoms with Gasteiger partial charge < -0.3 is 30.3 Å². The lowest BCUT2D eigenvalue weighted by Gasteiger charge is -2.44. The lowest BCUT2D eigenvalue weighted by atomic mass is 9.73. The minimum absolute atomic E-state index is 0.00917. The number of aliphatic hydroxyl groups is 2. The summed E-state index contributed by atoms with van der Waals surface area (Å²) in [6.45, 7) is 3.44. The number of hydrogen-bond donors (Lipinski definition) is 3. The zero-order valence-corrected chi connectivity index (χ0v) is 22.4. The highest BCUT2D eigenvalue weighted by Gasteiger charge is 2.44. The van der Waals surface area contributed by atoms with Crippen LogP contribution >= 0.6 is 0 Å². The van der Waals surface area contributed by atoms with Crippen molar-refractivity contribution in [3.63, 3.8) is 0 Å². The second kappa shape index (κ2) is 12.6. The Morgan fingerprint density at radius 3 is 2.68 bits per heavy atom. The summed E-state index contributed by atoms with van der Waals surface area (Å²) in [5.74, 6) is 0.227. The van der Waals surface area contributed by atoms with E-state index in [-0.39, 0.29) is 29.6 Å². The van der Waals surface area contributed by atoms with Crippen LogP contribution in [0, 0.1) is 24.6 Å². The molecule has 7 nitrogen and oxygen atoms in total. The smallest absolute Gasteiger partial charge is 0.225 e. The molecule has 2 aromatic carbocycles. The Bertz CT molecular complexity index is 1090. The van der Waals surface area contributed by atoms with Crippen LogP contribution in [0.15, 0.2) is 42.5 Å². The summed E-state index contributed by atoms with van der Waals surface area (Å²) < 4.78 is 25.2. The number of methoxy groups -OCH3 is 1. The highest BCUT2D eigenvalue weighted by atomic mass is 19.1. The van der Waals surface area contributed by atoms with E-state index in [1.807, 2.05) is 29.2 Å². The Morgan fingerprint density at radius 2 is 1.97 bits per heavy atom. The molecule has 1 aliphatic carbocycles. The molecule has 1 amide bonds. The number of para-hydroxylation sites is 1. The minimum Gasteiger partial charge on any atom is -0.457 e. The third kappa shape index (κ3) is 6.37.